The zero-order valence-corrected chi connectivity index (χ0v) is 10.1. The van der Waals surface area contributed by atoms with Crippen molar-refractivity contribution in [2.45, 2.75) is 25.7 Å². The highest BCUT2D eigenvalue weighted by atomic mass is 35.5. The summed E-state index contributed by atoms with van der Waals surface area (Å²) in [6.45, 7) is 2.22. The molecule has 1 unspecified atom stereocenters. The van der Waals surface area contributed by atoms with Crippen LogP contribution >= 0.6 is 11.6 Å². The molecule has 3 heteroatoms. The lowest BCUT2D eigenvalue weighted by Crippen LogP contribution is -2.14. The Morgan fingerprint density at radius 2 is 2.19 bits per heavy atom. The molecular weight excluding hydrogens is 225 g/mol. The highest BCUT2D eigenvalue weighted by molar-refractivity contribution is 6.30. The van der Waals surface area contributed by atoms with E-state index in [0.717, 1.165) is 25.1 Å². The summed E-state index contributed by atoms with van der Waals surface area (Å²) < 4.78 is 13.0. The van der Waals surface area contributed by atoms with Crippen LogP contribution in [0.15, 0.2) is 18.2 Å². The summed E-state index contributed by atoms with van der Waals surface area (Å²) in [5, 5.41) is 3.64. The van der Waals surface area contributed by atoms with Crippen molar-refractivity contribution < 1.29 is 4.39 Å². The van der Waals surface area contributed by atoms with Crippen LogP contribution in [0, 0.1) is 11.7 Å². The molecule has 0 aromatic heterocycles. The molecule has 1 nitrogen and oxygen atoms in total. The van der Waals surface area contributed by atoms with Crippen LogP contribution in [0.3, 0.4) is 0 Å². The Morgan fingerprint density at radius 3 is 3.00 bits per heavy atom. The first kappa shape index (κ1) is 11.9. The van der Waals surface area contributed by atoms with E-state index in [2.05, 4.69) is 5.32 Å². The summed E-state index contributed by atoms with van der Waals surface area (Å²) in [5.41, 5.74) is 1.15. The predicted octanol–water partition coefficient (Wildman–Crippen LogP) is 3.41. The third-order valence-electron chi connectivity index (χ3n) is 3.20. The van der Waals surface area contributed by atoms with E-state index >= 15 is 0 Å². The SMILES string of the molecule is Fc1ccc(CC2CCCNCC2)cc1Cl. The molecule has 0 saturated carbocycles. The fourth-order valence-electron chi connectivity index (χ4n) is 2.30. The number of nitrogens with one attached hydrogen (secondary N) is 1. The first-order valence-corrected chi connectivity index (χ1v) is 6.28. The summed E-state index contributed by atoms with van der Waals surface area (Å²) in [7, 11) is 0. The van der Waals surface area contributed by atoms with Crippen LogP contribution < -0.4 is 5.32 Å². The highest BCUT2D eigenvalue weighted by Gasteiger charge is 2.13. The van der Waals surface area contributed by atoms with E-state index in [1.807, 2.05) is 6.07 Å². The molecule has 1 aromatic rings. The fraction of sp³-hybridized carbons (Fsp3) is 0.538. The summed E-state index contributed by atoms with van der Waals surface area (Å²) in [5.74, 6) is 0.379. The molecule has 0 aliphatic carbocycles. The largest absolute Gasteiger partial charge is 0.317 e. The minimum atomic E-state index is -0.326. The average molecular weight is 242 g/mol. The lowest BCUT2D eigenvalue weighted by molar-refractivity contribution is 0.469. The van der Waals surface area contributed by atoms with Gasteiger partial charge in [-0.3, -0.25) is 0 Å². The van der Waals surface area contributed by atoms with Crippen LogP contribution in [0.2, 0.25) is 5.02 Å². The molecule has 0 spiro atoms. The fourth-order valence-corrected chi connectivity index (χ4v) is 2.50. The van der Waals surface area contributed by atoms with E-state index in [9.17, 15) is 4.39 Å². The van der Waals surface area contributed by atoms with Gasteiger partial charge in [-0.15, -0.1) is 0 Å². The van der Waals surface area contributed by atoms with Gasteiger partial charge >= 0.3 is 0 Å². The van der Waals surface area contributed by atoms with Gasteiger partial charge in [-0.25, -0.2) is 4.39 Å². The van der Waals surface area contributed by atoms with E-state index < -0.39 is 0 Å². The molecule has 16 heavy (non-hydrogen) atoms. The predicted molar refractivity (Wildman–Crippen MR) is 65.3 cm³/mol. The first-order chi connectivity index (χ1) is 7.75. The summed E-state index contributed by atoms with van der Waals surface area (Å²) >= 11 is 5.78. The van der Waals surface area contributed by atoms with E-state index in [0.29, 0.717) is 5.92 Å². The molecule has 1 fully saturated rings. The number of hydrogen-bond donors (Lipinski definition) is 1. The summed E-state index contributed by atoms with van der Waals surface area (Å²) in [4.78, 5) is 0. The van der Waals surface area contributed by atoms with Crippen molar-refractivity contribution in [1.29, 1.82) is 0 Å². The highest BCUT2D eigenvalue weighted by Crippen LogP contribution is 2.22. The molecule has 1 saturated heterocycles. The Labute approximate surface area is 101 Å². The van der Waals surface area contributed by atoms with Crippen LogP contribution in [-0.2, 0) is 6.42 Å². The first-order valence-electron chi connectivity index (χ1n) is 5.90. The maximum absolute atomic E-state index is 13.0. The Morgan fingerprint density at radius 1 is 1.31 bits per heavy atom. The molecule has 0 amide bonds. The molecular formula is C13H17ClFN. The van der Waals surface area contributed by atoms with Crippen molar-refractivity contribution in [3.05, 3.63) is 34.6 Å². The normalized spacial score (nSPS) is 21.8. The van der Waals surface area contributed by atoms with Crippen molar-refractivity contribution in [3.8, 4) is 0 Å². The van der Waals surface area contributed by atoms with Crippen LogP contribution in [0.5, 0.6) is 0 Å². The van der Waals surface area contributed by atoms with Gasteiger partial charge in [0.05, 0.1) is 5.02 Å². The number of halogens is 2. The molecule has 0 radical (unpaired) electrons. The second-order valence-corrected chi connectivity index (χ2v) is 4.91. The maximum atomic E-state index is 13.0. The Bertz CT molecular complexity index is 346. The monoisotopic (exact) mass is 241 g/mol. The van der Waals surface area contributed by atoms with Gasteiger partial charge in [-0.2, -0.15) is 0 Å². The molecule has 1 aromatic carbocycles. The van der Waals surface area contributed by atoms with Crippen molar-refractivity contribution in [2.75, 3.05) is 13.1 Å². The van der Waals surface area contributed by atoms with Gasteiger partial charge in [0, 0.05) is 0 Å². The zero-order chi connectivity index (χ0) is 11.4. The lowest BCUT2D eigenvalue weighted by atomic mass is 9.93. The lowest BCUT2D eigenvalue weighted by Gasteiger charge is -2.13. The Balaban J connectivity index is 1.99. The molecule has 1 aliphatic heterocycles. The van der Waals surface area contributed by atoms with Gasteiger partial charge in [0.15, 0.2) is 0 Å². The topological polar surface area (TPSA) is 12.0 Å². The van der Waals surface area contributed by atoms with Crippen LogP contribution in [-0.4, -0.2) is 13.1 Å². The van der Waals surface area contributed by atoms with E-state index in [4.69, 9.17) is 11.6 Å². The number of benzene rings is 1. The van der Waals surface area contributed by atoms with Crippen LogP contribution in [0.25, 0.3) is 0 Å². The zero-order valence-electron chi connectivity index (χ0n) is 9.31. The van der Waals surface area contributed by atoms with Crippen LogP contribution in [0.1, 0.15) is 24.8 Å². The second kappa shape index (κ2) is 5.65. The van der Waals surface area contributed by atoms with E-state index in [1.54, 1.807) is 6.07 Å². The van der Waals surface area contributed by atoms with Crippen molar-refractivity contribution in [2.24, 2.45) is 5.92 Å². The molecule has 1 N–H and O–H groups in total. The van der Waals surface area contributed by atoms with Gasteiger partial charge < -0.3 is 5.32 Å². The molecule has 1 aliphatic rings. The van der Waals surface area contributed by atoms with E-state index in [1.165, 1.54) is 25.3 Å². The standard InChI is InChI=1S/C13H17ClFN/c14-12-9-11(3-4-13(12)15)8-10-2-1-6-16-7-5-10/h3-4,9-10,16H,1-2,5-8H2. The van der Waals surface area contributed by atoms with Gasteiger partial charge in [-0.1, -0.05) is 17.7 Å². The number of rotatable bonds is 2. The van der Waals surface area contributed by atoms with Crippen molar-refractivity contribution >= 4 is 11.6 Å². The van der Waals surface area contributed by atoms with Gasteiger partial charge in [-0.05, 0) is 62.4 Å². The van der Waals surface area contributed by atoms with Gasteiger partial charge in [0.2, 0.25) is 0 Å². The molecule has 2 rings (SSSR count). The third kappa shape index (κ3) is 3.19. The molecule has 1 heterocycles. The average Bonchev–Trinajstić information content (AvgIpc) is 2.52. The van der Waals surface area contributed by atoms with Crippen LogP contribution in [0.4, 0.5) is 4.39 Å². The second-order valence-electron chi connectivity index (χ2n) is 4.50. The minimum Gasteiger partial charge on any atom is -0.317 e. The van der Waals surface area contributed by atoms with Gasteiger partial charge in [0.1, 0.15) is 5.82 Å². The number of hydrogen-bond acceptors (Lipinski definition) is 1. The smallest absolute Gasteiger partial charge is 0.141 e. The quantitative estimate of drug-likeness (QED) is 0.837. The molecule has 0 bridgehead atoms. The minimum absolute atomic E-state index is 0.240. The third-order valence-corrected chi connectivity index (χ3v) is 3.49. The molecule has 1 atom stereocenters. The Kier molecular flexibility index (Phi) is 4.19. The summed E-state index contributed by atoms with van der Waals surface area (Å²) in [6.07, 6.45) is 4.71. The molecule has 88 valence electrons. The van der Waals surface area contributed by atoms with E-state index in [-0.39, 0.29) is 10.8 Å². The summed E-state index contributed by atoms with van der Waals surface area (Å²) in [6, 6.07) is 5.07. The Hall–Kier alpha value is -0.600. The van der Waals surface area contributed by atoms with Crippen molar-refractivity contribution in [3.63, 3.8) is 0 Å². The van der Waals surface area contributed by atoms with Crippen molar-refractivity contribution in [1.82, 2.24) is 5.32 Å². The maximum Gasteiger partial charge on any atom is 0.141 e. The van der Waals surface area contributed by atoms with Gasteiger partial charge in [0.25, 0.3) is 0 Å².